The molecule has 1 amide bonds. The number of nitrogens with zero attached hydrogens (tertiary/aromatic N) is 3. The summed E-state index contributed by atoms with van der Waals surface area (Å²) in [6, 6.07) is 11.7. The van der Waals surface area contributed by atoms with E-state index in [9.17, 15) is 4.79 Å². The molecule has 0 aliphatic carbocycles. The zero-order valence-corrected chi connectivity index (χ0v) is 15.6. The fraction of sp³-hybridized carbons (Fsp3) is 0.263. The molecule has 0 saturated carbocycles. The van der Waals surface area contributed by atoms with Gasteiger partial charge >= 0.3 is 0 Å². The first-order valence-electron chi connectivity index (χ1n) is 8.46. The van der Waals surface area contributed by atoms with E-state index in [4.69, 9.17) is 0 Å². The van der Waals surface area contributed by atoms with Crippen LogP contribution in [-0.4, -0.2) is 31.8 Å². The summed E-state index contributed by atoms with van der Waals surface area (Å²) in [5.41, 5.74) is 3.20. The normalized spacial score (nSPS) is 11.9. The number of aryl methyl sites for hydroxylation is 2. The van der Waals surface area contributed by atoms with Crippen LogP contribution in [0.2, 0.25) is 0 Å². The van der Waals surface area contributed by atoms with E-state index in [0.29, 0.717) is 5.16 Å². The third-order valence-electron chi connectivity index (χ3n) is 4.02. The Morgan fingerprint density at radius 2 is 2.00 bits per heavy atom. The van der Waals surface area contributed by atoms with Gasteiger partial charge in [0.1, 0.15) is 5.82 Å². The average molecular weight is 367 g/mol. The summed E-state index contributed by atoms with van der Waals surface area (Å²) in [6.45, 7) is 4.05. The molecule has 0 aliphatic rings. The lowest BCUT2D eigenvalue weighted by molar-refractivity contribution is -0.119. The quantitative estimate of drug-likeness (QED) is 0.627. The Kier molecular flexibility index (Phi) is 6.01. The fourth-order valence-corrected chi connectivity index (χ4v) is 3.27. The van der Waals surface area contributed by atoms with Crippen LogP contribution in [0.1, 0.15) is 35.5 Å². The molecule has 6 nitrogen and oxygen atoms in total. The summed E-state index contributed by atoms with van der Waals surface area (Å²) in [6.07, 6.45) is 4.26. The maximum Gasteiger partial charge on any atom is 0.231 e. The molecule has 2 N–H and O–H groups in total. The molecule has 3 rings (SSSR count). The topological polar surface area (TPSA) is 83.6 Å². The van der Waals surface area contributed by atoms with Crippen LogP contribution in [0.4, 0.5) is 0 Å². The first-order valence-corrected chi connectivity index (χ1v) is 9.44. The van der Waals surface area contributed by atoms with Crippen LogP contribution in [-0.2, 0) is 11.2 Å². The largest absolute Gasteiger partial charge is 0.344 e. The zero-order chi connectivity index (χ0) is 18.4. The highest BCUT2D eigenvalue weighted by Gasteiger charge is 2.19. The molecule has 0 radical (unpaired) electrons. The number of aromatic amines is 1. The number of carbonyl (C=O) groups excluding carboxylic acids is 1. The molecule has 2 heterocycles. The van der Waals surface area contributed by atoms with E-state index in [1.807, 2.05) is 50.2 Å². The van der Waals surface area contributed by atoms with Gasteiger partial charge in [0.2, 0.25) is 11.1 Å². The van der Waals surface area contributed by atoms with Gasteiger partial charge in [-0.3, -0.25) is 14.9 Å². The van der Waals surface area contributed by atoms with Crippen LogP contribution in [0.3, 0.4) is 0 Å². The molecule has 2 aromatic heterocycles. The number of rotatable bonds is 7. The molecule has 0 saturated heterocycles. The van der Waals surface area contributed by atoms with Gasteiger partial charge in [0.05, 0.1) is 11.8 Å². The monoisotopic (exact) mass is 367 g/mol. The predicted molar refractivity (Wildman–Crippen MR) is 102 cm³/mol. The Balaban J connectivity index is 1.73. The first-order chi connectivity index (χ1) is 12.7. The average Bonchev–Trinajstić information content (AvgIpc) is 3.14. The van der Waals surface area contributed by atoms with Crippen molar-refractivity contribution in [3.05, 3.63) is 71.3 Å². The van der Waals surface area contributed by atoms with Crippen LogP contribution < -0.4 is 5.32 Å². The molecular formula is C19H21N5OS. The molecule has 1 atom stereocenters. The number of hydrogen-bond acceptors (Lipinski definition) is 5. The number of benzene rings is 1. The molecular weight excluding hydrogens is 346 g/mol. The lowest BCUT2D eigenvalue weighted by Crippen LogP contribution is -2.31. The molecule has 0 fully saturated rings. The predicted octanol–water partition coefficient (Wildman–Crippen LogP) is 3.07. The Labute approximate surface area is 156 Å². The van der Waals surface area contributed by atoms with Crippen molar-refractivity contribution in [1.82, 2.24) is 25.5 Å². The number of H-pyrrole nitrogens is 1. The highest BCUT2D eigenvalue weighted by Crippen LogP contribution is 2.25. The van der Waals surface area contributed by atoms with E-state index in [1.165, 1.54) is 11.8 Å². The van der Waals surface area contributed by atoms with Crippen molar-refractivity contribution in [2.45, 2.75) is 31.5 Å². The Bertz CT molecular complexity index is 865. The van der Waals surface area contributed by atoms with E-state index >= 15 is 0 Å². The van der Waals surface area contributed by atoms with Crippen molar-refractivity contribution in [2.75, 3.05) is 5.75 Å². The van der Waals surface area contributed by atoms with Crippen molar-refractivity contribution >= 4 is 17.7 Å². The van der Waals surface area contributed by atoms with E-state index in [1.54, 1.807) is 12.4 Å². The number of hydrogen-bond donors (Lipinski definition) is 2. The van der Waals surface area contributed by atoms with Crippen molar-refractivity contribution in [2.24, 2.45) is 0 Å². The number of pyridine rings is 1. The van der Waals surface area contributed by atoms with E-state index in [-0.39, 0.29) is 17.7 Å². The molecule has 134 valence electrons. The van der Waals surface area contributed by atoms with Gasteiger partial charge in [-0.05, 0) is 35.7 Å². The summed E-state index contributed by atoms with van der Waals surface area (Å²) in [5, 5.41) is 10.7. The van der Waals surface area contributed by atoms with Gasteiger partial charge in [-0.25, -0.2) is 4.98 Å². The summed E-state index contributed by atoms with van der Waals surface area (Å²) < 4.78 is 0. The minimum Gasteiger partial charge on any atom is -0.344 e. The molecule has 0 unspecified atom stereocenters. The number of amides is 1. The second-order valence-corrected chi connectivity index (χ2v) is 6.79. The standard InChI is InChI=1S/C19H21N5OS/c1-3-16-21-19(24-23-16)26-12-17(25)22-18(14-8-10-20-11-9-14)15-7-5-4-6-13(15)2/h4-11,18H,3,12H2,1-2H3,(H,22,25)(H,21,23,24)/t18-/m0/s1. The minimum atomic E-state index is -0.217. The fourth-order valence-electron chi connectivity index (χ4n) is 2.64. The second kappa shape index (κ2) is 8.62. The van der Waals surface area contributed by atoms with Gasteiger partial charge in [-0.15, -0.1) is 5.10 Å². The third kappa shape index (κ3) is 4.49. The Morgan fingerprint density at radius 3 is 2.69 bits per heavy atom. The van der Waals surface area contributed by atoms with Crippen molar-refractivity contribution in [3.63, 3.8) is 0 Å². The van der Waals surface area contributed by atoms with Crippen LogP contribution in [0.25, 0.3) is 0 Å². The third-order valence-corrected chi connectivity index (χ3v) is 4.87. The van der Waals surface area contributed by atoms with Gasteiger partial charge < -0.3 is 5.32 Å². The number of nitrogens with one attached hydrogen (secondary N) is 2. The van der Waals surface area contributed by atoms with Gasteiger partial charge in [0, 0.05) is 18.8 Å². The summed E-state index contributed by atoms with van der Waals surface area (Å²) >= 11 is 1.32. The second-order valence-electron chi connectivity index (χ2n) is 5.84. The van der Waals surface area contributed by atoms with Gasteiger partial charge in [-0.2, -0.15) is 0 Å². The van der Waals surface area contributed by atoms with Gasteiger partial charge in [-0.1, -0.05) is 43.0 Å². The lowest BCUT2D eigenvalue weighted by atomic mass is 9.95. The molecule has 3 aromatic rings. The van der Waals surface area contributed by atoms with E-state index in [0.717, 1.165) is 28.9 Å². The maximum absolute atomic E-state index is 12.5. The summed E-state index contributed by atoms with van der Waals surface area (Å²) in [5.74, 6) is 1.01. The highest BCUT2D eigenvalue weighted by molar-refractivity contribution is 7.99. The van der Waals surface area contributed by atoms with Crippen LogP contribution in [0, 0.1) is 6.92 Å². The van der Waals surface area contributed by atoms with E-state index < -0.39 is 0 Å². The molecule has 0 bridgehead atoms. The number of thioether (sulfide) groups is 1. The van der Waals surface area contributed by atoms with Crippen molar-refractivity contribution in [1.29, 1.82) is 0 Å². The van der Waals surface area contributed by atoms with Crippen LogP contribution in [0.5, 0.6) is 0 Å². The first kappa shape index (κ1) is 18.1. The van der Waals surface area contributed by atoms with Gasteiger partial charge in [0.25, 0.3) is 0 Å². The lowest BCUT2D eigenvalue weighted by Gasteiger charge is -2.21. The molecule has 0 aliphatic heterocycles. The SMILES string of the molecule is CCc1nc(SCC(=O)N[C@@H](c2ccncc2)c2ccccc2C)n[nH]1. The number of carbonyl (C=O) groups is 1. The van der Waals surface area contributed by atoms with Crippen molar-refractivity contribution in [3.8, 4) is 0 Å². The Morgan fingerprint density at radius 1 is 1.23 bits per heavy atom. The van der Waals surface area contributed by atoms with E-state index in [2.05, 4.69) is 25.5 Å². The van der Waals surface area contributed by atoms with Crippen LogP contribution >= 0.6 is 11.8 Å². The smallest absolute Gasteiger partial charge is 0.231 e. The van der Waals surface area contributed by atoms with Crippen molar-refractivity contribution < 1.29 is 4.79 Å². The highest BCUT2D eigenvalue weighted by atomic mass is 32.2. The Hall–Kier alpha value is -2.67. The molecule has 26 heavy (non-hydrogen) atoms. The number of aromatic nitrogens is 4. The zero-order valence-electron chi connectivity index (χ0n) is 14.8. The molecule has 0 spiro atoms. The summed E-state index contributed by atoms with van der Waals surface area (Å²) in [7, 11) is 0. The minimum absolute atomic E-state index is 0.0667. The molecule has 1 aromatic carbocycles. The van der Waals surface area contributed by atoms with Crippen LogP contribution in [0.15, 0.2) is 53.9 Å². The maximum atomic E-state index is 12.5. The summed E-state index contributed by atoms with van der Waals surface area (Å²) in [4.78, 5) is 20.9. The molecule has 7 heteroatoms. The van der Waals surface area contributed by atoms with Gasteiger partial charge in [0.15, 0.2) is 0 Å².